The van der Waals surface area contributed by atoms with E-state index < -0.39 is 0 Å². The third-order valence-corrected chi connectivity index (χ3v) is 5.95. The highest BCUT2D eigenvalue weighted by atomic mass is 32.1. The molecule has 0 spiro atoms. The molecule has 1 amide bonds. The lowest BCUT2D eigenvalue weighted by atomic mass is 9.89. The zero-order valence-electron chi connectivity index (χ0n) is 14.1. The molecule has 3 aromatic rings. The van der Waals surface area contributed by atoms with Crippen molar-refractivity contribution in [1.29, 1.82) is 0 Å². The molecule has 0 radical (unpaired) electrons. The zero-order valence-corrected chi connectivity index (χ0v) is 15.0. The van der Waals surface area contributed by atoms with E-state index in [4.69, 9.17) is 12.2 Å². The first-order valence-corrected chi connectivity index (χ1v) is 8.95. The number of nitrogens with one attached hydrogen (secondary N) is 1. The zero-order chi connectivity index (χ0) is 18.0. The lowest BCUT2D eigenvalue weighted by Gasteiger charge is -2.37. The van der Waals surface area contributed by atoms with Crippen molar-refractivity contribution in [3.8, 4) is 5.75 Å². The minimum Gasteiger partial charge on any atom is -0.508 e. The van der Waals surface area contributed by atoms with E-state index in [1.807, 2.05) is 29.2 Å². The van der Waals surface area contributed by atoms with Crippen LogP contribution in [0, 0.1) is 0 Å². The Hall–Kier alpha value is -2.86. The van der Waals surface area contributed by atoms with Gasteiger partial charge in [-0.05, 0) is 41.5 Å². The SMILES string of the molecule is CN1C(=O)C2Cc3c([nH]c4ccccc34)C(c3ccc(O)cc3)N2C1=S. The summed E-state index contributed by atoms with van der Waals surface area (Å²) < 4.78 is 0. The maximum Gasteiger partial charge on any atom is 0.251 e. The topological polar surface area (TPSA) is 59.6 Å². The van der Waals surface area contributed by atoms with Crippen LogP contribution in [0.25, 0.3) is 10.9 Å². The Morgan fingerprint density at radius 3 is 2.65 bits per heavy atom. The monoisotopic (exact) mass is 363 g/mol. The maximum atomic E-state index is 12.8. The van der Waals surface area contributed by atoms with Gasteiger partial charge in [-0.3, -0.25) is 9.69 Å². The van der Waals surface area contributed by atoms with Crippen molar-refractivity contribution in [2.75, 3.05) is 7.05 Å². The molecule has 1 fully saturated rings. The number of phenolic OH excluding ortho intramolecular Hbond substituents is 1. The summed E-state index contributed by atoms with van der Waals surface area (Å²) in [5, 5.41) is 11.4. The standard InChI is InChI=1S/C20H17N3O2S/c1-22-19(25)16-10-14-13-4-2-3-5-15(13)21-17(14)18(23(16)20(22)26)11-6-8-12(24)9-7-11/h2-9,16,18,21,24H,10H2,1H3. The number of carbonyl (C=O) groups excluding carboxylic acids is 1. The van der Waals surface area contributed by atoms with Gasteiger partial charge < -0.3 is 15.0 Å². The van der Waals surface area contributed by atoms with Crippen molar-refractivity contribution in [2.45, 2.75) is 18.5 Å². The fourth-order valence-electron chi connectivity index (χ4n) is 4.21. The Morgan fingerprint density at radius 2 is 1.88 bits per heavy atom. The highest BCUT2D eigenvalue weighted by molar-refractivity contribution is 7.80. The number of aromatic hydroxyl groups is 1. The number of hydrogen-bond acceptors (Lipinski definition) is 3. The van der Waals surface area contributed by atoms with Gasteiger partial charge in [-0.15, -0.1) is 0 Å². The molecule has 5 nitrogen and oxygen atoms in total. The Bertz CT molecular complexity index is 1060. The molecule has 1 saturated heterocycles. The lowest BCUT2D eigenvalue weighted by Crippen LogP contribution is -2.44. The number of H-pyrrole nitrogens is 1. The Kier molecular flexibility index (Phi) is 3.15. The summed E-state index contributed by atoms with van der Waals surface area (Å²) in [4.78, 5) is 19.9. The number of aromatic amines is 1. The smallest absolute Gasteiger partial charge is 0.251 e. The first kappa shape index (κ1) is 15.4. The molecular formula is C20H17N3O2S. The van der Waals surface area contributed by atoms with E-state index in [-0.39, 0.29) is 23.7 Å². The number of phenols is 1. The number of carbonyl (C=O) groups is 1. The van der Waals surface area contributed by atoms with Crippen molar-refractivity contribution in [3.63, 3.8) is 0 Å². The molecule has 130 valence electrons. The van der Waals surface area contributed by atoms with Gasteiger partial charge in [0.1, 0.15) is 11.8 Å². The highest BCUT2D eigenvalue weighted by Crippen LogP contribution is 2.43. The predicted octanol–water partition coefficient (Wildman–Crippen LogP) is 2.95. The lowest BCUT2D eigenvalue weighted by molar-refractivity contribution is -0.127. The van der Waals surface area contributed by atoms with Crippen LogP contribution in [0.5, 0.6) is 5.75 Å². The molecule has 2 atom stereocenters. The predicted molar refractivity (Wildman–Crippen MR) is 103 cm³/mol. The number of amides is 1. The van der Waals surface area contributed by atoms with Crippen molar-refractivity contribution >= 4 is 34.1 Å². The molecule has 5 rings (SSSR count). The van der Waals surface area contributed by atoms with Crippen LogP contribution in [-0.2, 0) is 11.2 Å². The molecule has 1 aromatic heterocycles. The van der Waals surface area contributed by atoms with Gasteiger partial charge in [0.05, 0.1) is 6.04 Å². The van der Waals surface area contributed by atoms with Gasteiger partial charge in [-0.2, -0.15) is 0 Å². The second-order valence-corrected chi connectivity index (χ2v) is 7.23. The maximum absolute atomic E-state index is 12.8. The van der Waals surface area contributed by atoms with Gasteiger partial charge in [0.15, 0.2) is 5.11 Å². The van der Waals surface area contributed by atoms with E-state index in [0.717, 1.165) is 22.2 Å². The van der Waals surface area contributed by atoms with Gasteiger partial charge in [0.25, 0.3) is 5.91 Å². The molecule has 0 bridgehead atoms. The minimum absolute atomic E-state index is 0.0368. The van der Waals surface area contributed by atoms with Gasteiger partial charge in [-0.1, -0.05) is 30.3 Å². The Labute approximate surface area is 155 Å². The quantitative estimate of drug-likeness (QED) is 0.653. The summed E-state index contributed by atoms with van der Waals surface area (Å²) in [6, 6.07) is 14.8. The average Bonchev–Trinajstić information content (AvgIpc) is 3.13. The van der Waals surface area contributed by atoms with E-state index in [1.165, 1.54) is 5.56 Å². The molecule has 2 aliphatic rings. The van der Waals surface area contributed by atoms with Crippen LogP contribution in [0.15, 0.2) is 48.5 Å². The molecule has 2 aromatic carbocycles. The van der Waals surface area contributed by atoms with Gasteiger partial charge in [-0.25, -0.2) is 0 Å². The molecule has 0 saturated carbocycles. The van der Waals surface area contributed by atoms with E-state index in [0.29, 0.717) is 11.5 Å². The van der Waals surface area contributed by atoms with Gasteiger partial charge >= 0.3 is 0 Å². The number of thiocarbonyl (C=S) groups is 1. The number of hydrogen-bond donors (Lipinski definition) is 2. The molecule has 26 heavy (non-hydrogen) atoms. The fraction of sp³-hybridized carbons (Fsp3) is 0.200. The molecule has 2 N–H and O–H groups in total. The summed E-state index contributed by atoms with van der Waals surface area (Å²) >= 11 is 5.60. The van der Waals surface area contributed by atoms with Crippen LogP contribution in [0.3, 0.4) is 0 Å². The third-order valence-electron chi connectivity index (χ3n) is 5.46. The van der Waals surface area contributed by atoms with Crippen molar-refractivity contribution in [3.05, 3.63) is 65.4 Å². The second kappa shape index (κ2) is 5.32. The number of aromatic nitrogens is 1. The molecule has 6 heteroatoms. The Morgan fingerprint density at radius 1 is 1.15 bits per heavy atom. The van der Waals surface area contributed by atoms with E-state index in [1.54, 1.807) is 24.1 Å². The minimum atomic E-state index is -0.294. The van der Waals surface area contributed by atoms with Crippen LogP contribution in [0.4, 0.5) is 0 Å². The van der Waals surface area contributed by atoms with Crippen molar-refractivity contribution < 1.29 is 9.90 Å². The normalized spacial score (nSPS) is 22.0. The van der Waals surface area contributed by atoms with Crippen LogP contribution in [0.1, 0.15) is 22.9 Å². The number of fused-ring (bicyclic) bond motifs is 4. The molecule has 0 aliphatic carbocycles. The number of likely N-dealkylation sites (N-methyl/N-ethyl adjacent to an activating group) is 1. The molecule has 2 unspecified atom stereocenters. The largest absolute Gasteiger partial charge is 0.508 e. The molecule has 3 heterocycles. The van der Waals surface area contributed by atoms with Crippen molar-refractivity contribution in [1.82, 2.24) is 14.8 Å². The summed E-state index contributed by atoms with van der Waals surface area (Å²) in [6.07, 6.45) is 0.636. The van der Waals surface area contributed by atoms with Crippen LogP contribution >= 0.6 is 12.2 Å². The number of para-hydroxylation sites is 1. The fourth-order valence-corrected chi connectivity index (χ4v) is 4.53. The van der Waals surface area contributed by atoms with Crippen molar-refractivity contribution in [2.24, 2.45) is 0 Å². The van der Waals surface area contributed by atoms with Gasteiger partial charge in [0.2, 0.25) is 0 Å². The summed E-state index contributed by atoms with van der Waals surface area (Å²) in [7, 11) is 1.74. The second-order valence-electron chi connectivity index (χ2n) is 6.86. The average molecular weight is 363 g/mol. The summed E-state index contributed by atoms with van der Waals surface area (Å²) in [5.41, 5.74) is 4.30. The molecular weight excluding hydrogens is 346 g/mol. The van der Waals surface area contributed by atoms with Crippen LogP contribution in [0.2, 0.25) is 0 Å². The summed E-state index contributed by atoms with van der Waals surface area (Å²) in [5.74, 6) is 0.255. The van der Waals surface area contributed by atoms with Crippen LogP contribution < -0.4 is 0 Å². The van der Waals surface area contributed by atoms with Gasteiger partial charge in [0, 0.05) is 30.1 Å². The molecule has 2 aliphatic heterocycles. The Balaban J connectivity index is 1.77. The van der Waals surface area contributed by atoms with E-state index in [9.17, 15) is 9.90 Å². The number of benzene rings is 2. The first-order chi connectivity index (χ1) is 12.6. The highest BCUT2D eigenvalue weighted by Gasteiger charge is 2.49. The number of rotatable bonds is 1. The van der Waals surface area contributed by atoms with Crippen LogP contribution in [-0.4, -0.2) is 44.0 Å². The third kappa shape index (κ3) is 1.96. The summed E-state index contributed by atoms with van der Waals surface area (Å²) in [6.45, 7) is 0. The van der Waals surface area contributed by atoms with E-state index >= 15 is 0 Å². The van der Waals surface area contributed by atoms with E-state index in [2.05, 4.69) is 17.1 Å². The number of nitrogens with zero attached hydrogens (tertiary/aromatic N) is 2. The first-order valence-electron chi connectivity index (χ1n) is 8.54.